The highest BCUT2D eigenvalue weighted by molar-refractivity contribution is 5.39. The predicted molar refractivity (Wildman–Crippen MR) is 78.7 cm³/mol. The highest BCUT2D eigenvalue weighted by Gasteiger charge is 2.34. The van der Waals surface area contributed by atoms with E-state index in [0.717, 1.165) is 11.3 Å². The van der Waals surface area contributed by atoms with Crippen LogP contribution in [0.2, 0.25) is 0 Å². The zero-order valence-corrected chi connectivity index (χ0v) is 12.5. The molecule has 2 heterocycles. The van der Waals surface area contributed by atoms with E-state index < -0.39 is 6.10 Å². The number of hydrogen-bond donors (Lipinski definition) is 1. The fourth-order valence-corrected chi connectivity index (χ4v) is 2.77. The smallest absolute Gasteiger partial charge is 0.162 e. The van der Waals surface area contributed by atoms with Gasteiger partial charge < -0.3 is 14.6 Å². The van der Waals surface area contributed by atoms with Crippen LogP contribution in [-0.4, -0.2) is 28.1 Å². The minimum absolute atomic E-state index is 0.141. The van der Waals surface area contributed by atoms with Gasteiger partial charge in [-0.1, -0.05) is 18.2 Å². The van der Waals surface area contributed by atoms with Crippen LogP contribution >= 0.6 is 0 Å². The summed E-state index contributed by atoms with van der Waals surface area (Å²) in [6.45, 7) is 4.04. The Bertz CT molecular complexity index is 611. The molecule has 0 fully saturated rings. The van der Waals surface area contributed by atoms with E-state index in [1.54, 1.807) is 18.0 Å². The highest BCUT2D eigenvalue weighted by Crippen LogP contribution is 2.37. The lowest BCUT2D eigenvalue weighted by atomic mass is 10.0. The van der Waals surface area contributed by atoms with Gasteiger partial charge in [-0.3, -0.25) is 4.68 Å². The van der Waals surface area contributed by atoms with E-state index in [1.807, 2.05) is 38.1 Å². The molecule has 5 heteroatoms. The van der Waals surface area contributed by atoms with Crippen molar-refractivity contribution in [2.24, 2.45) is 0 Å². The van der Waals surface area contributed by atoms with E-state index in [1.165, 1.54) is 0 Å². The van der Waals surface area contributed by atoms with E-state index in [4.69, 9.17) is 9.47 Å². The molecule has 5 nitrogen and oxygen atoms in total. The Balaban J connectivity index is 1.90. The molecule has 0 aliphatic carbocycles. The molecule has 2 unspecified atom stereocenters. The minimum Gasteiger partial charge on any atom is -0.493 e. The second-order valence-corrected chi connectivity index (χ2v) is 5.55. The molecule has 0 spiro atoms. The lowest BCUT2D eigenvalue weighted by Gasteiger charge is -2.21. The van der Waals surface area contributed by atoms with Gasteiger partial charge in [0.1, 0.15) is 23.7 Å². The number of benzene rings is 1. The summed E-state index contributed by atoms with van der Waals surface area (Å²) in [4.78, 5) is 0. The fraction of sp³-hybridized carbons (Fsp3) is 0.438. The van der Waals surface area contributed by atoms with Crippen molar-refractivity contribution < 1.29 is 14.6 Å². The summed E-state index contributed by atoms with van der Waals surface area (Å²) in [5.74, 6) is 1.44. The quantitative estimate of drug-likeness (QED) is 0.939. The number of para-hydroxylation sites is 1. The molecule has 0 saturated carbocycles. The third-order valence-electron chi connectivity index (χ3n) is 3.81. The topological polar surface area (TPSA) is 56.5 Å². The Morgan fingerprint density at radius 2 is 2.14 bits per heavy atom. The number of aromatic nitrogens is 2. The van der Waals surface area contributed by atoms with Crippen LogP contribution in [0, 0.1) is 0 Å². The summed E-state index contributed by atoms with van der Waals surface area (Å²) in [5, 5.41) is 15.1. The molecular weight excluding hydrogens is 268 g/mol. The van der Waals surface area contributed by atoms with Gasteiger partial charge in [0, 0.05) is 12.5 Å². The molecule has 112 valence electrons. The molecule has 1 aromatic heterocycles. The molecule has 0 radical (unpaired) electrons. The van der Waals surface area contributed by atoms with Gasteiger partial charge in [-0.15, -0.1) is 0 Å². The first kappa shape index (κ1) is 13.9. The van der Waals surface area contributed by atoms with Gasteiger partial charge in [0.05, 0.1) is 13.3 Å². The maximum atomic E-state index is 10.8. The molecular formula is C16H20N2O3. The first-order chi connectivity index (χ1) is 10.1. The van der Waals surface area contributed by atoms with E-state index in [2.05, 4.69) is 5.10 Å². The van der Waals surface area contributed by atoms with Crippen LogP contribution in [0.1, 0.15) is 37.3 Å². The summed E-state index contributed by atoms with van der Waals surface area (Å²) in [7, 11) is 1.59. The fourth-order valence-electron chi connectivity index (χ4n) is 2.77. The average Bonchev–Trinajstić information content (AvgIpc) is 3.09. The Labute approximate surface area is 124 Å². The first-order valence-corrected chi connectivity index (χ1v) is 7.15. The van der Waals surface area contributed by atoms with Crippen LogP contribution in [0.5, 0.6) is 11.5 Å². The van der Waals surface area contributed by atoms with E-state index in [0.29, 0.717) is 17.9 Å². The molecule has 3 rings (SSSR count). The van der Waals surface area contributed by atoms with Crippen molar-refractivity contribution in [1.82, 2.24) is 9.78 Å². The predicted octanol–water partition coefficient (Wildman–Crippen LogP) is 2.51. The molecule has 0 amide bonds. The van der Waals surface area contributed by atoms with Gasteiger partial charge in [-0.05, 0) is 25.5 Å². The van der Waals surface area contributed by atoms with Crippen molar-refractivity contribution in [3.8, 4) is 11.5 Å². The van der Waals surface area contributed by atoms with Crippen LogP contribution < -0.4 is 9.47 Å². The molecule has 1 aromatic carbocycles. The standard InChI is InChI=1S/C16H20N2O3/c1-10(2)18-15(14(20-3)9-17-18)16(19)13-8-11-6-4-5-7-12(11)21-13/h4-7,9-10,13,16,19H,8H2,1-3H3. The number of aliphatic hydroxyl groups is 1. The summed E-state index contributed by atoms with van der Waals surface area (Å²) in [6.07, 6.45) is 1.23. The van der Waals surface area contributed by atoms with Crippen LogP contribution in [-0.2, 0) is 6.42 Å². The lowest BCUT2D eigenvalue weighted by molar-refractivity contribution is 0.0403. The van der Waals surface area contributed by atoms with E-state index >= 15 is 0 Å². The number of aliphatic hydroxyl groups excluding tert-OH is 1. The van der Waals surface area contributed by atoms with Crippen LogP contribution in [0.15, 0.2) is 30.5 Å². The van der Waals surface area contributed by atoms with Gasteiger partial charge in [-0.2, -0.15) is 5.10 Å². The van der Waals surface area contributed by atoms with Crippen molar-refractivity contribution in [2.75, 3.05) is 7.11 Å². The number of ether oxygens (including phenoxy) is 2. The largest absolute Gasteiger partial charge is 0.493 e. The molecule has 1 N–H and O–H groups in total. The van der Waals surface area contributed by atoms with E-state index in [9.17, 15) is 5.11 Å². The maximum absolute atomic E-state index is 10.8. The maximum Gasteiger partial charge on any atom is 0.162 e. The van der Waals surface area contributed by atoms with Gasteiger partial charge in [0.15, 0.2) is 5.75 Å². The Morgan fingerprint density at radius 3 is 2.81 bits per heavy atom. The molecule has 0 saturated heterocycles. The van der Waals surface area contributed by atoms with Gasteiger partial charge >= 0.3 is 0 Å². The summed E-state index contributed by atoms with van der Waals surface area (Å²) >= 11 is 0. The molecule has 0 bridgehead atoms. The van der Waals surface area contributed by atoms with Gasteiger partial charge in [0.2, 0.25) is 0 Å². The minimum atomic E-state index is -0.780. The van der Waals surface area contributed by atoms with Crippen molar-refractivity contribution in [1.29, 1.82) is 0 Å². The van der Waals surface area contributed by atoms with Crippen LogP contribution in [0.25, 0.3) is 0 Å². The number of fused-ring (bicyclic) bond motifs is 1. The van der Waals surface area contributed by atoms with Crippen LogP contribution in [0.3, 0.4) is 0 Å². The third kappa shape index (κ3) is 2.38. The van der Waals surface area contributed by atoms with E-state index in [-0.39, 0.29) is 12.1 Å². The Morgan fingerprint density at radius 1 is 1.38 bits per heavy atom. The number of methoxy groups -OCH3 is 1. The average molecular weight is 288 g/mol. The number of hydrogen-bond acceptors (Lipinski definition) is 4. The normalized spacial score (nSPS) is 18.4. The van der Waals surface area contributed by atoms with Crippen molar-refractivity contribution in [3.05, 3.63) is 41.7 Å². The van der Waals surface area contributed by atoms with Gasteiger partial charge in [-0.25, -0.2) is 0 Å². The molecule has 1 aliphatic heterocycles. The second-order valence-electron chi connectivity index (χ2n) is 5.55. The number of rotatable bonds is 4. The molecule has 2 atom stereocenters. The van der Waals surface area contributed by atoms with Crippen molar-refractivity contribution in [2.45, 2.75) is 38.5 Å². The molecule has 1 aliphatic rings. The number of nitrogens with zero attached hydrogens (tertiary/aromatic N) is 2. The first-order valence-electron chi connectivity index (χ1n) is 7.15. The second kappa shape index (κ2) is 5.41. The van der Waals surface area contributed by atoms with Crippen molar-refractivity contribution >= 4 is 0 Å². The molecule has 21 heavy (non-hydrogen) atoms. The lowest BCUT2D eigenvalue weighted by Crippen LogP contribution is -2.26. The summed E-state index contributed by atoms with van der Waals surface area (Å²) in [6, 6.07) is 8.02. The zero-order valence-electron chi connectivity index (χ0n) is 12.5. The Hall–Kier alpha value is -2.01. The SMILES string of the molecule is COc1cnn(C(C)C)c1C(O)C1Cc2ccccc2O1. The zero-order chi connectivity index (χ0) is 15.0. The Kier molecular flexibility index (Phi) is 3.59. The van der Waals surface area contributed by atoms with Crippen LogP contribution in [0.4, 0.5) is 0 Å². The highest BCUT2D eigenvalue weighted by atomic mass is 16.5. The molecule has 2 aromatic rings. The summed E-state index contributed by atoms with van der Waals surface area (Å²) in [5.41, 5.74) is 1.79. The van der Waals surface area contributed by atoms with Crippen molar-refractivity contribution in [3.63, 3.8) is 0 Å². The third-order valence-corrected chi connectivity index (χ3v) is 3.81. The van der Waals surface area contributed by atoms with Gasteiger partial charge in [0.25, 0.3) is 0 Å². The monoisotopic (exact) mass is 288 g/mol. The summed E-state index contributed by atoms with van der Waals surface area (Å²) < 4.78 is 13.0.